The molecular formula is C21H20BCl2N3O3S. The van der Waals surface area contributed by atoms with Crippen LogP contribution < -0.4 is 5.46 Å². The van der Waals surface area contributed by atoms with Gasteiger partial charge in [-0.1, -0.05) is 53.5 Å². The third kappa shape index (κ3) is 5.52. The molecule has 0 saturated carbocycles. The van der Waals surface area contributed by atoms with E-state index in [4.69, 9.17) is 23.2 Å². The maximum absolute atomic E-state index is 12.4. The fraction of sp³-hybridized carbons (Fsp3) is 0.238. The van der Waals surface area contributed by atoms with Crippen molar-refractivity contribution >= 4 is 64.7 Å². The highest BCUT2D eigenvalue weighted by Gasteiger charge is 2.28. The molecule has 6 nitrogen and oxygen atoms in total. The number of nitrogens with zero attached hydrogens (tertiary/aromatic N) is 3. The Morgan fingerprint density at radius 1 is 1.03 bits per heavy atom. The lowest BCUT2D eigenvalue weighted by Crippen LogP contribution is -2.47. The molecule has 1 fully saturated rings. The lowest BCUT2D eigenvalue weighted by atomic mass is 9.80. The van der Waals surface area contributed by atoms with Gasteiger partial charge in [-0.25, -0.2) is 0 Å². The summed E-state index contributed by atoms with van der Waals surface area (Å²) in [6, 6.07) is 12.5. The van der Waals surface area contributed by atoms with Crippen LogP contribution in [0.3, 0.4) is 0 Å². The molecule has 160 valence electrons. The summed E-state index contributed by atoms with van der Waals surface area (Å²) in [5, 5.41) is 20.1. The second-order valence-electron chi connectivity index (χ2n) is 7.36. The topological polar surface area (TPSA) is 76.4 Å². The van der Waals surface area contributed by atoms with E-state index in [0.29, 0.717) is 20.4 Å². The second kappa shape index (κ2) is 9.77. The van der Waals surface area contributed by atoms with Gasteiger partial charge in [-0.15, -0.1) is 0 Å². The number of carbonyl (C=O) groups is 1. The van der Waals surface area contributed by atoms with Gasteiger partial charge in [0.15, 0.2) is 5.17 Å². The highest BCUT2D eigenvalue weighted by molar-refractivity contribution is 8.18. The van der Waals surface area contributed by atoms with Crippen LogP contribution in [0.5, 0.6) is 0 Å². The number of carbonyl (C=O) groups excluding carboxylic acids is 1. The van der Waals surface area contributed by atoms with Crippen molar-refractivity contribution < 1.29 is 14.8 Å². The number of benzene rings is 2. The Bertz CT molecular complexity index is 1040. The maximum Gasteiger partial charge on any atom is 0.488 e. The molecule has 0 radical (unpaired) electrons. The minimum atomic E-state index is -1.44. The second-order valence-corrected chi connectivity index (χ2v) is 9.19. The number of hydrogen-bond donors (Lipinski definition) is 2. The number of aliphatic imine (C=N–C) groups is 1. The van der Waals surface area contributed by atoms with E-state index < -0.39 is 7.12 Å². The van der Waals surface area contributed by atoms with Gasteiger partial charge in [-0.2, -0.15) is 4.99 Å². The largest absolute Gasteiger partial charge is 0.488 e. The predicted octanol–water partition coefficient (Wildman–Crippen LogP) is 2.46. The molecule has 0 bridgehead atoms. The van der Waals surface area contributed by atoms with Crippen LogP contribution in [-0.2, 0) is 11.3 Å². The third-order valence-corrected chi connectivity index (χ3v) is 6.96. The smallest absolute Gasteiger partial charge is 0.423 e. The van der Waals surface area contributed by atoms with E-state index in [9.17, 15) is 14.8 Å². The van der Waals surface area contributed by atoms with Crippen LogP contribution in [0, 0.1) is 0 Å². The van der Waals surface area contributed by atoms with Crippen molar-refractivity contribution in [1.29, 1.82) is 0 Å². The minimum Gasteiger partial charge on any atom is -0.423 e. The van der Waals surface area contributed by atoms with Crippen molar-refractivity contribution in [3.05, 3.63) is 68.5 Å². The van der Waals surface area contributed by atoms with Gasteiger partial charge >= 0.3 is 7.12 Å². The van der Waals surface area contributed by atoms with Crippen molar-refractivity contribution in [2.45, 2.75) is 6.54 Å². The molecule has 0 spiro atoms. The van der Waals surface area contributed by atoms with Crippen LogP contribution in [0.2, 0.25) is 10.0 Å². The van der Waals surface area contributed by atoms with Gasteiger partial charge in [0, 0.05) is 32.7 Å². The van der Waals surface area contributed by atoms with Gasteiger partial charge in [0.2, 0.25) is 0 Å². The lowest BCUT2D eigenvalue weighted by Gasteiger charge is -2.35. The molecule has 2 aliphatic rings. The SMILES string of the molecule is O=C1N=C(N2CCN(Cc3ccc(B(O)O)cc3)CC2)S/C1=C\c1ccc(Cl)c(Cl)c1. The summed E-state index contributed by atoms with van der Waals surface area (Å²) in [6.45, 7) is 4.06. The Balaban J connectivity index is 1.32. The summed E-state index contributed by atoms with van der Waals surface area (Å²) < 4.78 is 0. The third-order valence-electron chi connectivity index (χ3n) is 5.18. The van der Waals surface area contributed by atoms with Gasteiger partial charge < -0.3 is 14.9 Å². The van der Waals surface area contributed by atoms with Gasteiger partial charge in [0.25, 0.3) is 5.91 Å². The van der Waals surface area contributed by atoms with E-state index in [1.807, 2.05) is 18.2 Å². The van der Waals surface area contributed by atoms with Crippen LogP contribution in [0.25, 0.3) is 6.08 Å². The van der Waals surface area contributed by atoms with Crippen molar-refractivity contribution in [3.8, 4) is 0 Å². The number of piperazine rings is 1. The van der Waals surface area contributed by atoms with E-state index in [-0.39, 0.29) is 5.91 Å². The normalized spacial score (nSPS) is 18.6. The van der Waals surface area contributed by atoms with Crippen LogP contribution in [0.1, 0.15) is 11.1 Å². The quantitative estimate of drug-likeness (QED) is 0.522. The standard InChI is InChI=1S/C21H20BCl2N3O3S/c23-17-6-3-15(11-18(17)24)12-19-20(28)25-21(31-19)27-9-7-26(8-10-27)13-14-1-4-16(5-2-14)22(29)30/h1-6,11-12,29-30H,7-10,13H2/b19-12-. The Kier molecular flexibility index (Phi) is 7.06. The first-order chi connectivity index (χ1) is 14.9. The first-order valence-corrected chi connectivity index (χ1v) is 11.4. The Labute approximate surface area is 195 Å². The Morgan fingerprint density at radius 2 is 1.74 bits per heavy atom. The van der Waals surface area contributed by atoms with E-state index in [1.54, 1.807) is 30.3 Å². The first-order valence-electron chi connectivity index (χ1n) is 9.79. The first kappa shape index (κ1) is 22.4. The summed E-state index contributed by atoms with van der Waals surface area (Å²) in [4.78, 5) is 21.6. The van der Waals surface area contributed by atoms with Crippen molar-refractivity contribution in [2.75, 3.05) is 26.2 Å². The molecule has 31 heavy (non-hydrogen) atoms. The van der Waals surface area contributed by atoms with E-state index in [0.717, 1.165) is 49.0 Å². The summed E-state index contributed by atoms with van der Waals surface area (Å²) in [5.41, 5.74) is 2.41. The zero-order valence-corrected chi connectivity index (χ0v) is 18.9. The predicted molar refractivity (Wildman–Crippen MR) is 128 cm³/mol. The van der Waals surface area contributed by atoms with Gasteiger partial charge in [-0.3, -0.25) is 9.69 Å². The van der Waals surface area contributed by atoms with Crippen LogP contribution in [0.4, 0.5) is 0 Å². The van der Waals surface area contributed by atoms with E-state index in [2.05, 4.69) is 14.8 Å². The Hall–Kier alpha value is -1.81. The summed E-state index contributed by atoms with van der Waals surface area (Å²) in [6.07, 6.45) is 1.79. The molecule has 0 unspecified atom stereocenters. The fourth-order valence-corrected chi connectivity index (χ4v) is 4.71. The number of hydrogen-bond acceptors (Lipinski definition) is 6. The molecule has 1 saturated heterocycles. The highest BCUT2D eigenvalue weighted by atomic mass is 35.5. The van der Waals surface area contributed by atoms with Gasteiger partial charge in [0.05, 0.1) is 15.0 Å². The monoisotopic (exact) mass is 475 g/mol. The van der Waals surface area contributed by atoms with Gasteiger partial charge in [-0.05, 0) is 46.6 Å². The molecule has 2 N–H and O–H groups in total. The van der Waals surface area contributed by atoms with E-state index in [1.165, 1.54) is 11.8 Å². The summed E-state index contributed by atoms with van der Waals surface area (Å²) in [7, 11) is -1.44. The summed E-state index contributed by atoms with van der Waals surface area (Å²) in [5.74, 6) is -0.236. The molecule has 2 aliphatic heterocycles. The van der Waals surface area contributed by atoms with E-state index >= 15 is 0 Å². The molecule has 4 rings (SSSR count). The maximum atomic E-state index is 12.4. The molecular weight excluding hydrogens is 456 g/mol. The van der Waals surface area contributed by atoms with Crippen molar-refractivity contribution in [1.82, 2.24) is 9.80 Å². The average molecular weight is 476 g/mol. The number of halogens is 2. The van der Waals surface area contributed by atoms with Crippen LogP contribution >= 0.6 is 35.0 Å². The molecule has 0 aliphatic carbocycles. The van der Waals surface area contributed by atoms with Crippen molar-refractivity contribution in [2.24, 2.45) is 4.99 Å². The van der Waals surface area contributed by atoms with Crippen LogP contribution in [0.15, 0.2) is 52.4 Å². The zero-order chi connectivity index (χ0) is 22.0. The zero-order valence-electron chi connectivity index (χ0n) is 16.5. The molecule has 10 heteroatoms. The number of rotatable bonds is 4. The molecule has 0 atom stereocenters. The average Bonchev–Trinajstić information content (AvgIpc) is 3.12. The molecule has 2 heterocycles. The number of amidine groups is 1. The van der Waals surface area contributed by atoms with Gasteiger partial charge in [0.1, 0.15) is 0 Å². The number of thioether (sulfide) groups is 1. The van der Waals surface area contributed by atoms with Crippen LogP contribution in [-0.4, -0.2) is 64.2 Å². The molecule has 2 aromatic carbocycles. The highest BCUT2D eigenvalue weighted by Crippen LogP contribution is 2.32. The molecule has 1 amide bonds. The molecule has 2 aromatic rings. The van der Waals surface area contributed by atoms with Crippen molar-refractivity contribution in [3.63, 3.8) is 0 Å². The minimum absolute atomic E-state index is 0.236. The lowest BCUT2D eigenvalue weighted by molar-refractivity contribution is -0.113. The summed E-state index contributed by atoms with van der Waals surface area (Å²) >= 11 is 13.4. The fourth-order valence-electron chi connectivity index (χ4n) is 3.44. The molecule has 0 aromatic heterocycles. The Morgan fingerprint density at radius 3 is 2.39 bits per heavy atom. The number of amides is 1.